The first-order valence-electron chi connectivity index (χ1n) is 7.97. The highest BCUT2D eigenvalue weighted by atomic mass is 35.5. The van der Waals surface area contributed by atoms with E-state index in [-0.39, 0.29) is 5.69 Å². The molecule has 6 nitrogen and oxygen atoms in total. The van der Waals surface area contributed by atoms with E-state index >= 15 is 0 Å². The van der Waals surface area contributed by atoms with Gasteiger partial charge in [-0.2, -0.15) is 5.10 Å². The summed E-state index contributed by atoms with van der Waals surface area (Å²) >= 11 is 5.98. The Kier molecular flexibility index (Phi) is 5.58. The number of nitrogens with zero attached hydrogens (tertiary/aromatic N) is 2. The van der Waals surface area contributed by atoms with Crippen LogP contribution in [0.4, 0.5) is 5.69 Å². The number of nitrogens with one attached hydrogen (secondary N) is 1. The highest BCUT2D eigenvalue weighted by molar-refractivity contribution is 6.33. The number of hydrogen-bond donors (Lipinski definition) is 1. The van der Waals surface area contributed by atoms with Crippen LogP contribution in [0.1, 0.15) is 15.9 Å². The minimum absolute atomic E-state index is 0.108. The van der Waals surface area contributed by atoms with Gasteiger partial charge in [-0.3, -0.25) is 14.9 Å². The Morgan fingerprint density at radius 3 is 2.33 bits per heavy atom. The number of hydrogen-bond acceptors (Lipinski definition) is 4. The molecule has 134 valence electrons. The summed E-state index contributed by atoms with van der Waals surface area (Å²) in [6, 6.07) is 20.9. The molecule has 1 N–H and O–H groups in total. The van der Waals surface area contributed by atoms with E-state index < -0.39 is 10.8 Å². The number of carbonyl (C=O) groups is 1. The summed E-state index contributed by atoms with van der Waals surface area (Å²) in [6.07, 6.45) is 1.27. The molecule has 0 aliphatic rings. The Balaban J connectivity index is 1.68. The van der Waals surface area contributed by atoms with Gasteiger partial charge in [0.2, 0.25) is 0 Å². The lowest BCUT2D eigenvalue weighted by Gasteiger charge is -2.04. The topological polar surface area (TPSA) is 84.6 Å². The first kappa shape index (κ1) is 18.3. The molecule has 0 spiro atoms. The summed E-state index contributed by atoms with van der Waals surface area (Å²) in [5.74, 6) is -0.396. The Bertz CT molecular complexity index is 1000. The maximum atomic E-state index is 12.2. The summed E-state index contributed by atoms with van der Waals surface area (Å²) in [5.41, 5.74) is 5.11. The third kappa shape index (κ3) is 4.56. The standard InChI is InChI=1S/C20H14ClN3O3/c21-19-11-10-18(24(26)27)12-17(19)13-22-23-20(25)16-8-6-15(7-9-16)14-4-2-1-3-5-14/h1-13H,(H,23,25)/b22-13+. The van der Waals surface area contributed by atoms with Gasteiger partial charge in [0, 0.05) is 28.3 Å². The maximum absolute atomic E-state index is 12.2. The van der Waals surface area contributed by atoms with Crippen molar-refractivity contribution in [2.45, 2.75) is 0 Å². The van der Waals surface area contributed by atoms with Crippen LogP contribution in [0.15, 0.2) is 77.9 Å². The Morgan fingerprint density at radius 1 is 1.00 bits per heavy atom. The molecule has 27 heavy (non-hydrogen) atoms. The minimum Gasteiger partial charge on any atom is -0.267 e. The summed E-state index contributed by atoms with van der Waals surface area (Å²) in [5, 5.41) is 14.9. The molecule has 3 aromatic carbocycles. The summed E-state index contributed by atoms with van der Waals surface area (Å²) in [6.45, 7) is 0. The van der Waals surface area contributed by atoms with Gasteiger partial charge in [-0.15, -0.1) is 0 Å². The highest BCUT2D eigenvalue weighted by Gasteiger charge is 2.09. The van der Waals surface area contributed by atoms with Gasteiger partial charge in [0.1, 0.15) is 0 Å². The van der Waals surface area contributed by atoms with Crippen molar-refractivity contribution in [3.63, 3.8) is 0 Å². The van der Waals surface area contributed by atoms with Crippen molar-refractivity contribution < 1.29 is 9.72 Å². The molecule has 0 bridgehead atoms. The number of nitro benzene ring substituents is 1. The van der Waals surface area contributed by atoms with Gasteiger partial charge in [-0.1, -0.05) is 54.1 Å². The molecule has 0 aliphatic carbocycles. The second-order valence-electron chi connectivity index (χ2n) is 5.61. The molecule has 0 saturated heterocycles. The number of carbonyl (C=O) groups excluding carboxylic acids is 1. The Hall–Kier alpha value is -3.51. The smallest absolute Gasteiger partial charge is 0.267 e. The van der Waals surface area contributed by atoms with E-state index in [1.807, 2.05) is 42.5 Å². The molecule has 0 aliphatic heterocycles. The van der Waals surface area contributed by atoms with Gasteiger partial charge in [0.05, 0.1) is 11.1 Å². The molecule has 0 radical (unpaired) electrons. The number of halogens is 1. The van der Waals surface area contributed by atoms with Crippen LogP contribution >= 0.6 is 11.6 Å². The fraction of sp³-hybridized carbons (Fsp3) is 0. The molecule has 0 fully saturated rings. The van der Waals surface area contributed by atoms with Gasteiger partial charge < -0.3 is 0 Å². The van der Waals surface area contributed by atoms with Crippen molar-refractivity contribution in [2.24, 2.45) is 5.10 Å². The second kappa shape index (κ2) is 8.25. The van der Waals surface area contributed by atoms with E-state index in [0.717, 1.165) is 11.1 Å². The zero-order valence-electron chi connectivity index (χ0n) is 14.0. The lowest BCUT2D eigenvalue weighted by atomic mass is 10.0. The monoisotopic (exact) mass is 379 g/mol. The van der Waals surface area contributed by atoms with Gasteiger partial charge in [0.15, 0.2) is 0 Å². The predicted octanol–water partition coefficient (Wildman–Crippen LogP) is 4.68. The lowest BCUT2D eigenvalue weighted by Crippen LogP contribution is -2.17. The van der Waals surface area contributed by atoms with Gasteiger partial charge in [-0.05, 0) is 29.3 Å². The summed E-state index contributed by atoms with van der Waals surface area (Å²) in [7, 11) is 0. The summed E-state index contributed by atoms with van der Waals surface area (Å²) < 4.78 is 0. The number of hydrazone groups is 1. The van der Waals surface area contributed by atoms with Crippen molar-refractivity contribution in [1.29, 1.82) is 0 Å². The van der Waals surface area contributed by atoms with Crippen molar-refractivity contribution >= 4 is 29.4 Å². The number of non-ortho nitro benzene ring substituents is 1. The van der Waals surface area contributed by atoms with Crippen LogP contribution in [-0.2, 0) is 0 Å². The van der Waals surface area contributed by atoms with Crippen molar-refractivity contribution in [3.05, 3.63) is 99.1 Å². The van der Waals surface area contributed by atoms with Gasteiger partial charge in [-0.25, -0.2) is 5.43 Å². The molecule has 3 aromatic rings. The third-order valence-corrected chi connectivity index (χ3v) is 4.16. The molecular weight excluding hydrogens is 366 g/mol. The SMILES string of the molecule is O=C(N/N=C/c1cc([N+](=O)[O-])ccc1Cl)c1ccc(-c2ccccc2)cc1. The lowest BCUT2D eigenvalue weighted by molar-refractivity contribution is -0.384. The normalized spacial score (nSPS) is 10.7. The van der Waals surface area contributed by atoms with E-state index in [1.165, 1.54) is 24.4 Å². The van der Waals surface area contributed by atoms with E-state index in [9.17, 15) is 14.9 Å². The average Bonchev–Trinajstić information content (AvgIpc) is 2.70. The number of rotatable bonds is 5. The summed E-state index contributed by atoms with van der Waals surface area (Å²) in [4.78, 5) is 22.5. The van der Waals surface area contributed by atoms with Crippen molar-refractivity contribution in [3.8, 4) is 11.1 Å². The second-order valence-corrected chi connectivity index (χ2v) is 6.01. The van der Waals surface area contributed by atoms with E-state index in [2.05, 4.69) is 10.5 Å². The van der Waals surface area contributed by atoms with Crippen LogP contribution in [0.25, 0.3) is 11.1 Å². The van der Waals surface area contributed by atoms with E-state index in [1.54, 1.807) is 12.1 Å². The Labute approximate surface area is 160 Å². The first-order chi connectivity index (χ1) is 13.0. The van der Waals surface area contributed by atoms with Gasteiger partial charge >= 0.3 is 0 Å². The number of nitro groups is 1. The van der Waals surface area contributed by atoms with Crippen molar-refractivity contribution in [1.82, 2.24) is 5.43 Å². The fourth-order valence-corrected chi connectivity index (χ4v) is 2.58. The highest BCUT2D eigenvalue weighted by Crippen LogP contribution is 2.21. The van der Waals surface area contributed by atoms with E-state index in [0.29, 0.717) is 16.1 Å². The molecule has 0 atom stereocenters. The molecule has 0 aromatic heterocycles. The molecule has 3 rings (SSSR count). The van der Waals surface area contributed by atoms with Crippen molar-refractivity contribution in [2.75, 3.05) is 0 Å². The molecule has 0 unspecified atom stereocenters. The van der Waals surface area contributed by atoms with Crippen LogP contribution in [0.5, 0.6) is 0 Å². The molecule has 0 saturated carbocycles. The fourth-order valence-electron chi connectivity index (χ4n) is 2.41. The van der Waals surface area contributed by atoms with Crippen LogP contribution in [0, 0.1) is 10.1 Å². The van der Waals surface area contributed by atoms with Crippen LogP contribution in [0.2, 0.25) is 5.02 Å². The maximum Gasteiger partial charge on any atom is 0.271 e. The van der Waals surface area contributed by atoms with Crippen LogP contribution < -0.4 is 5.43 Å². The number of amides is 1. The number of benzene rings is 3. The third-order valence-electron chi connectivity index (χ3n) is 3.81. The van der Waals surface area contributed by atoms with E-state index in [4.69, 9.17) is 11.6 Å². The van der Waals surface area contributed by atoms with Crippen LogP contribution in [0.3, 0.4) is 0 Å². The molecular formula is C20H14ClN3O3. The Morgan fingerprint density at radius 2 is 1.67 bits per heavy atom. The molecule has 0 heterocycles. The van der Waals surface area contributed by atoms with Gasteiger partial charge in [0.25, 0.3) is 11.6 Å². The van der Waals surface area contributed by atoms with Crippen LogP contribution in [-0.4, -0.2) is 17.0 Å². The molecule has 7 heteroatoms. The first-order valence-corrected chi connectivity index (χ1v) is 8.35. The minimum atomic E-state index is -0.527. The zero-order chi connectivity index (χ0) is 19.2. The average molecular weight is 380 g/mol. The quantitative estimate of drug-likeness (QED) is 0.397. The molecule has 1 amide bonds. The predicted molar refractivity (Wildman–Crippen MR) is 105 cm³/mol. The zero-order valence-corrected chi connectivity index (χ0v) is 14.8. The largest absolute Gasteiger partial charge is 0.271 e.